The van der Waals surface area contributed by atoms with Gasteiger partial charge in [-0.05, 0) is 18.2 Å². The second kappa shape index (κ2) is 7.37. The Kier molecular flexibility index (Phi) is 4.42. The number of hydrogen-bond acceptors (Lipinski definition) is 6. The van der Waals surface area contributed by atoms with Crippen LogP contribution in [0.3, 0.4) is 0 Å². The Morgan fingerprint density at radius 2 is 2.00 bits per heavy atom. The van der Waals surface area contributed by atoms with Gasteiger partial charge in [0, 0.05) is 30.3 Å². The number of hydrogen-bond donors (Lipinski definition) is 0. The van der Waals surface area contributed by atoms with Gasteiger partial charge in [-0.3, -0.25) is 4.40 Å². The molecule has 1 aromatic carbocycles. The number of methoxy groups -OCH3 is 1. The standard InChI is InChI=1S/C22H18N4O3/c1-27-8-9-28-15-6-7-26-20(12-24-22(26)10-15)19-11-17(21-13-23-14-29-21)16-4-2-3-5-18(16)25-19/h2-7,10-14H,8-9H2,1H3. The van der Waals surface area contributed by atoms with E-state index in [4.69, 9.17) is 18.9 Å². The number of oxazole rings is 1. The van der Waals surface area contributed by atoms with Gasteiger partial charge in [-0.25, -0.2) is 15.0 Å². The minimum atomic E-state index is 0.493. The monoisotopic (exact) mass is 386 g/mol. The van der Waals surface area contributed by atoms with E-state index in [1.807, 2.05) is 59.3 Å². The van der Waals surface area contributed by atoms with Gasteiger partial charge in [0.05, 0.1) is 35.9 Å². The minimum Gasteiger partial charge on any atom is -0.491 e. The summed E-state index contributed by atoms with van der Waals surface area (Å²) >= 11 is 0. The van der Waals surface area contributed by atoms with Gasteiger partial charge in [-0.2, -0.15) is 0 Å². The number of fused-ring (bicyclic) bond motifs is 2. The molecule has 0 saturated carbocycles. The number of imidazole rings is 1. The van der Waals surface area contributed by atoms with Crippen LogP contribution in [0.5, 0.6) is 5.75 Å². The fourth-order valence-corrected chi connectivity index (χ4v) is 3.34. The lowest BCUT2D eigenvalue weighted by molar-refractivity contribution is 0.146. The van der Waals surface area contributed by atoms with E-state index < -0.39 is 0 Å². The zero-order valence-corrected chi connectivity index (χ0v) is 15.8. The van der Waals surface area contributed by atoms with Crippen molar-refractivity contribution in [2.24, 2.45) is 0 Å². The van der Waals surface area contributed by atoms with Gasteiger partial charge in [-0.1, -0.05) is 18.2 Å². The molecule has 7 nitrogen and oxygen atoms in total. The average molecular weight is 386 g/mol. The van der Waals surface area contributed by atoms with Crippen molar-refractivity contribution in [3.8, 4) is 28.5 Å². The Labute approximate surface area is 166 Å². The van der Waals surface area contributed by atoms with Gasteiger partial charge in [0.1, 0.15) is 18.0 Å². The van der Waals surface area contributed by atoms with Crippen LogP contribution < -0.4 is 4.74 Å². The summed E-state index contributed by atoms with van der Waals surface area (Å²) in [6, 6.07) is 13.8. The van der Waals surface area contributed by atoms with E-state index in [1.54, 1.807) is 13.3 Å². The Morgan fingerprint density at radius 1 is 1.07 bits per heavy atom. The van der Waals surface area contributed by atoms with Crippen LogP contribution in [0.25, 0.3) is 39.3 Å². The normalized spacial score (nSPS) is 11.3. The average Bonchev–Trinajstić information content (AvgIpc) is 3.43. The number of rotatable bonds is 6. The Hall–Kier alpha value is -3.71. The van der Waals surface area contributed by atoms with Crippen LogP contribution in [0, 0.1) is 0 Å². The molecular formula is C22H18N4O3. The molecule has 0 aliphatic rings. The molecule has 0 amide bonds. The SMILES string of the molecule is COCCOc1ccn2c(-c3cc(-c4cnco4)c4ccccc4n3)cnc2c1. The van der Waals surface area contributed by atoms with Crippen molar-refractivity contribution < 1.29 is 13.9 Å². The summed E-state index contributed by atoms with van der Waals surface area (Å²) in [5, 5.41) is 1.01. The number of para-hydroxylation sites is 1. The highest BCUT2D eigenvalue weighted by atomic mass is 16.5. The maximum absolute atomic E-state index is 5.68. The highest BCUT2D eigenvalue weighted by molar-refractivity contribution is 5.95. The number of benzene rings is 1. The van der Waals surface area contributed by atoms with Gasteiger partial charge in [0.2, 0.25) is 0 Å². The van der Waals surface area contributed by atoms with E-state index in [1.165, 1.54) is 6.39 Å². The third-order valence-corrected chi connectivity index (χ3v) is 4.72. The van der Waals surface area contributed by atoms with Crippen LogP contribution in [-0.4, -0.2) is 39.7 Å². The molecular weight excluding hydrogens is 368 g/mol. The van der Waals surface area contributed by atoms with Gasteiger partial charge in [-0.15, -0.1) is 0 Å². The molecule has 0 aliphatic carbocycles. The van der Waals surface area contributed by atoms with E-state index in [9.17, 15) is 0 Å². The molecule has 4 heterocycles. The quantitative estimate of drug-likeness (QED) is 0.407. The fraction of sp³-hybridized carbons (Fsp3) is 0.136. The van der Waals surface area contributed by atoms with Crippen LogP contribution in [0.1, 0.15) is 0 Å². The van der Waals surface area contributed by atoms with Gasteiger partial charge in [0.15, 0.2) is 12.2 Å². The lowest BCUT2D eigenvalue weighted by atomic mass is 10.1. The zero-order valence-electron chi connectivity index (χ0n) is 15.8. The summed E-state index contributed by atoms with van der Waals surface area (Å²) in [6.45, 7) is 1.03. The predicted octanol–water partition coefficient (Wildman–Crippen LogP) is 4.23. The van der Waals surface area contributed by atoms with Crippen molar-refractivity contribution >= 4 is 16.6 Å². The van der Waals surface area contributed by atoms with Crippen LogP contribution in [0.2, 0.25) is 0 Å². The number of nitrogens with zero attached hydrogens (tertiary/aromatic N) is 4. The summed E-state index contributed by atoms with van der Waals surface area (Å²) in [4.78, 5) is 13.4. The molecule has 5 rings (SSSR count). The van der Waals surface area contributed by atoms with Crippen molar-refractivity contribution in [2.75, 3.05) is 20.3 Å². The highest BCUT2D eigenvalue weighted by Crippen LogP contribution is 2.32. The predicted molar refractivity (Wildman–Crippen MR) is 109 cm³/mol. The van der Waals surface area contributed by atoms with E-state index in [2.05, 4.69) is 9.97 Å². The maximum atomic E-state index is 5.68. The summed E-state index contributed by atoms with van der Waals surface area (Å²) in [6.07, 6.45) is 6.90. The highest BCUT2D eigenvalue weighted by Gasteiger charge is 2.14. The van der Waals surface area contributed by atoms with Crippen molar-refractivity contribution in [3.05, 3.63) is 67.4 Å². The zero-order chi connectivity index (χ0) is 19.6. The summed E-state index contributed by atoms with van der Waals surface area (Å²) in [7, 11) is 1.65. The number of ether oxygens (including phenoxy) is 2. The Bertz CT molecular complexity index is 1280. The topological polar surface area (TPSA) is 74.7 Å². The Balaban J connectivity index is 1.61. The van der Waals surface area contributed by atoms with Crippen molar-refractivity contribution in [3.63, 3.8) is 0 Å². The molecule has 0 unspecified atom stereocenters. The molecule has 0 N–H and O–H groups in total. The van der Waals surface area contributed by atoms with Crippen molar-refractivity contribution in [1.29, 1.82) is 0 Å². The first-order valence-electron chi connectivity index (χ1n) is 9.21. The van der Waals surface area contributed by atoms with Crippen LogP contribution >= 0.6 is 0 Å². The summed E-state index contributed by atoms with van der Waals surface area (Å²) in [5.41, 5.74) is 4.29. The first kappa shape index (κ1) is 17.4. The molecule has 0 bridgehead atoms. The van der Waals surface area contributed by atoms with E-state index in [0.29, 0.717) is 19.0 Å². The maximum Gasteiger partial charge on any atom is 0.181 e. The molecule has 0 radical (unpaired) electrons. The number of aromatic nitrogens is 4. The minimum absolute atomic E-state index is 0.493. The third kappa shape index (κ3) is 3.21. The smallest absolute Gasteiger partial charge is 0.181 e. The van der Waals surface area contributed by atoms with Crippen molar-refractivity contribution in [2.45, 2.75) is 0 Å². The van der Waals surface area contributed by atoms with Crippen LogP contribution in [0.15, 0.2) is 71.9 Å². The summed E-state index contributed by atoms with van der Waals surface area (Å²) in [5.74, 6) is 1.45. The molecule has 0 saturated heterocycles. The molecule has 0 aliphatic heterocycles. The van der Waals surface area contributed by atoms with Gasteiger partial charge < -0.3 is 13.9 Å². The molecule has 4 aromatic heterocycles. The van der Waals surface area contributed by atoms with E-state index in [-0.39, 0.29) is 0 Å². The molecule has 5 aromatic rings. The van der Waals surface area contributed by atoms with Gasteiger partial charge in [0.25, 0.3) is 0 Å². The third-order valence-electron chi connectivity index (χ3n) is 4.72. The lowest BCUT2D eigenvalue weighted by Crippen LogP contribution is -2.04. The molecule has 29 heavy (non-hydrogen) atoms. The molecule has 7 heteroatoms. The first-order chi connectivity index (χ1) is 14.3. The lowest BCUT2D eigenvalue weighted by Gasteiger charge is -2.09. The summed E-state index contributed by atoms with van der Waals surface area (Å²) < 4.78 is 18.3. The molecule has 0 fully saturated rings. The first-order valence-corrected chi connectivity index (χ1v) is 9.21. The Morgan fingerprint density at radius 3 is 2.86 bits per heavy atom. The fourth-order valence-electron chi connectivity index (χ4n) is 3.34. The molecule has 144 valence electrons. The van der Waals surface area contributed by atoms with E-state index >= 15 is 0 Å². The molecule has 0 spiro atoms. The van der Waals surface area contributed by atoms with E-state index in [0.717, 1.165) is 39.3 Å². The van der Waals surface area contributed by atoms with Crippen LogP contribution in [-0.2, 0) is 4.74 Å². The second-order valence-corrected chi connectivity index (χ2v) is 6.51. The largest absolute Gasteiger partial charge is 0.491 e. The second-order valence-electron chi connectivity index (χ2n) is 6.51. The van der Waals surface area contributed by atoms with Crippen molar-refractivity contribution in [1.82, 2.24) is 19.4 Å². The number of pyridine rings is 2. The molecule has 0 atom stereocenters. The van der Waals surface area contributed by atoms with Crippen LogP contribution in [0.4, 0.5) is 0 Å². The van der Waals surface area contributed by atoms with Gasteiger partial charge >= 0.3 is 0 Å².